The van der Waals surface area contributed by atoms with Gasteiger partial charge >= 0.3 is 0 Å². The minimum Gasteiger partial charge on any atom is -0.486 e. The van der Waals surface area contributed by atoms with Gasteiger partial charge < -0.3 is 10.1 Å². The molecule has 104 valence electrons. The van der Waals surface area contributed by atoms with Crippen molar-refractivity contribution in [3.05, 3.63) is 54.6 Å². The third kappa shape index (κ3) is 2.86. The first-order chi connectivity index (χ1) is 9.78. The molecule has 1 aliphatic carbocycles. The molecule has 1 N–H and O–H groups in total. The van der Waals surface area contributed by atoms with Crippen LogP contribution in [0.5, 0.6) is 5.75 Å². The number of nitrogens with one attached hydrogen (secondary N) is 1. The fourth-order valence-electron chi connectivity index (χ4n) is 2.39. The van der Waals surface area contributed by atoms with Gasteiger partial charge in [0, 0.05) is 18.2 Å². The second kappa shape index (κ2) is 5.68. The summed E-state index contributed by atoms with van der Waals surface area (Å²) in [6.45, 7) is 6.67. The molecule has 0 bridgehead atoms. The second-order valence-corrected chi connectivity index (χ2v) is 5.48. The predicted molar refractivity (Wildman–Crippen MR) is 84.1 cm³/mol. The van der Waals surface area contributed by atoms with E-state index in [4.69, 9.17) is 4.74 Å². The fourth-order valence-corrected chi connectivity index (χ4v) is 2.39. The summed E-state index contributed by atoms with van der Waals surface area (Å²) >= 11 is 0. The first-order valence-electron chi connectivity index (χ1n) is 7.31. The first kappa shape index (κ1) is 13.2. The van der Waals surface area contributed by atoms with E-state index in [1.807, 2.05) is 13.0 Å². The fraction of sp³-hybridized carbons (Fsp3) is 0.333. The smallest absolute Gasteiger partial charge is 0.125 e. The van der Waals surface area contributed by atoms with Gasteiger partial charge in [0.15, 0.2) is 0 Å². The summed E-state index contributed by atoms with van der Waals surface area (Å²) in [6, 6.07) is 13.4. The van der Waals surface area contributed by atoms with E-state index in [1.54, 1.807) is 0 Å². The Morgan fingerprint density at radius 3 is 2.85 bits per heavy atom. The van der Waals surface area contributed by atoms with Crippen LogP contribution < -0.4 is 10.1 Å². The minimum atomic E-state index is 0.0239. The van der Waals surface area contributed by atoms with Crippen molar-refractivity contribution in [1.29, 1.82) is 0 Å². The van der Waals surface area contributed by atoms with Crippen LogP contribution in [0.15, 0.2) is 49.1 Å². The van der Waals surface area contributed by atoms with Gasteiger partial charge in [0.1, 0.15) is 11.9 Å². The summed E-state index contributed by atoms with van der Waals surface area (Å²) in [4.78, 5) is 0. The van der Waals surface area contributed by atoms with Crippen LogP contribution in [0.25, 0.3) is 10.8 Å². The van der Waals surface area contributed by atoms with E-state index in [0.29, 0.717) is 6.04 Å². The lowest BCUT2D eigenvalue weighted by Gasteiger charge is -2.17. The third-order valence-corrected chi connectivity index (χ3v) is 3.79. The largest absolute Gasteiger partial charge is 0.486 e. The van der Waals surface area contributed by atoms with Crippen molar-refractivity contribution in [1.82, 2.24) is 5.32 Å². The van der Waals surface area contributed by atoms with Crippen LogP contribution in [-0.4, -0.2) is 12.1 Å². The van der Waals surface area contributed by atoms with E-state index in [1.165, 1.54) is 29.2 Å². The molecule has 1 aliphatic rings. The lowest BCUT2D eigenvalue weighted by molar-refractivity contribution is 0.267. The summed E-state index contributed by atoms with van der Waals surface area (Å²) in [7, 11) is 0. The Hall–Kier alpha value is -1.80. The molecule has 2 heteroatoms. The highest BCUT2D eigenvalue weighted by atomic mass is 16.5. The predicted octanol–water partition coefficient (Wildman–Crippen LogP) is 4.05. The van der Waals surface area contributed by atoms with Crippen molar-refractivity contribution in [2.24, 2.45) is 0 Å². The number of fused-ring (bicyclic) bond motifs is 1. The number of ether oxygens (including phenoxy) is 1. The van der Waals surface area contributed by atoms with Gasteiger partial charge in [-0.2, -0.15) is 0 Å². The average Bonchev–Trinajstić information content (AvgIpc) is 3.30. The lowest BCUT2D eigenvalue weighted by atomic mass is 10.0. The Kier molecular flexibility index (Phi) is 3.75. The Labute approximate surface area is 120 Å². The maximum atomic E-state index is 6.00. The first-order valence-corrected chi connectivity index (χ1v) is 7.31. The molecule has 1 fully saturated rings. The molecule has 0 saturated heterocycles. The molecule has 0 amide bonds. The molecular formula is C18H21NO. The molecule has 1 unspecified atom stereocenters. The van der Waals surface area contributed by atoms with Gasteiger partial charge in [0.25, 0.3) is 0 Å². The van der Waals surface area contributed by atoms with Crippen LogP contribution in [0.4, 0.5) is 0 Å². The summed E-state index contributed by atoms with van der Waals surface area (Å²) in [5.74, 6) is 0.962. The molecule has 0 radical (unpaired) electrons. The summed E-state index contributed by atoms with van der Waals surface area (Å²) in [5.41, 5.74) is 1.25. The Morgan fingerprint density at radius 2 is 2.10 bits per heavy atom. The standard InChI is InChI=1S/C18H21NO/c1-3-13(2)20-18-11-8-14-6-4-5-7-16(14)17(18)12-19-15-9-10-15/h3-8,11,13,15,19H,1,9-10,12H2,2H3. The molecule has 1 atom stereocenters. The molecule has 0 aromatic heterocycles. The molecule has 20 heavy (non-hydrogen) atoms. The zero-order chi connectivity index (χ0) is 13.9. The van der Waals surface area contributed by atoms with E-state index in [-0.39, 0.29) is 6.10 Å². The van der Waals surface area contributed by atoms with Crippen molar-refractivity contribution >= 4 is 10.8 Å². The monoisotopic (exact) mass is 267 g/mol. The molecule has 0 aliphatic heterocycles. The molecule has 3 rings (SSSR count). The van der Waals surface area contributed by atoms with E-state index >= 15 is 0 Å². The van der Waals surface area contributed by atoms with Crippen LogP contribution in [0.3, 0.4) is 0 Å². The SMILES string of the molecule is C=CC(C)Oc1ccc2ccccc2c1CNC1CC1. The van der Waals surface area contributed by atoms with E-state index in [9.17, 15) is 0 Å². The van der Waals surface area contributed by atoms with Gasteiger partial charge in [-0.05, 0) is 36.6 Å². The minimum absolute atomic E-state index is 0.0239. The molecular weight excluding hydrogens is 246 g/mol. The molecule has 2 aromatic carbocycles. The zero-order valence-corrected chi connectivity index (χ0v) is 11.9. The Balaban J connectivity index is 1.97. The van der Waals surface area contributed by atoms with Crippen LogP contribution in [0, 0.1) is 0 Å². The number of hydrogen-bond donors (Lipinski definition) is 1. The van der Waals surface area contributed by atoms with Gasteiger partial charge in [0.05, 0.1) is 0 Å². The lowest BCUT2D eigenvalue weighted by Crippen LogP contribution is -2.17. The van der Waals surface area contributed by atoms with Crippen molar-refractivity contribution in [2.75, 3.05) is 0 Å². The third-order valence-electron chi connectivity index (χ3n) is 3.79. The van der Waals surface area contributed by atoms with Crippen molar-refractivity contribution in [3.8, 4) is 5.75 Å². The van der Waals surface area contributed by atoms with E-state index in [2.05, 4.69) is 48.3 Å². The molecule has 2 aromatic rings. The number of rotatable bonds is 6. The van der Waals surface area contributed by atoms with Gasteiger partial charge in [-0.15, -0.1) is 0 Å². The highest BCUT2D eigenvalue weighted by molar-refractivity contribution is 5.87. The highest BCUT2D eigenvalue weighted by Gasteiger charge is 2.21. The summed E-state index contributed by atoms with van der Waals surface area (Å²) < 4.78 is 6.00. The van der Waals surface area contributed by atoms with Crippen molar-refractivity contribution < 1.29 is 4.74 Å². The second-order valence-electron chi connectivity index (χ2n) is 5.48. The van der Waals surface area contributed by atoms with Crippen LogP contribution in [-0.2, 0) is 6.54 Å². The van der Waals surface area contributed by atoms with Gasteiger partial charge in [-0.3, -0.25) is 0 Å². The zero-order valence-electron chi connectivity index (χ0n) is 11.9. The van der Waals surface area contributed by atoms with Gasteiger partial charge in [0.2, 0.25) is 0 Å². The summed E-state index contributed by atoms with van der Waals surface area (Å²) in [5, 5.41) is 6.13. The molecule has 2 nitrogen and oxygen atoms in total. The maximum absolute atomic E-state index is 6.00. The van der Waals surface area contributed by atoms with E-state index in [0.717, 1.165) is 12.3 Å². The quantitative estimate of drug-likeness (QED) is 0.797. The maximum Gasteiger partial charge on any atom is 0.125 e. The normalized spacial score (nSPS) is 16.1. The van der Waals surface area contributed by atoms with Crippen LogP contribution in [0.1, 0.15) is 25.3 Å². The Bertz CT molecular complexity index is 616. The summed E-state index contributed by atoms with van der Waals surface area (Å²) in [6.07, 6.45) is 4.44. The van der Waals surface area contributed by atoms with Crippen LogP contribution >= 0.6 is 0 Å². The van der Waals surface area contributed by atoms with Crippen molar-refractivity contribution in [2.45, 2.75) is 38.5 Å². The van der Waals surface area contributed by atoms with Crippen LogP contribution in [0.2, 0.25) is 0 Å². The van der Waals surface area contributed by atoms with Gasteiger partial charge in [-0.25, -0.2) is 0 Å². The molecule has 0 heterocycles. The Morgan fingerprint density at radius 1 is 1.30 bits per heavy atom. The highest BCUT2D eigenvalue weighted by Crippen LogP contribution is 2.30. The molecule has 0 spiro atoms. The number of benzene rings is 2. The number of hydrogen-bond acceptors (Lipinski definition) is 2. The average molecular weight is 267 g/mol. The van der Waals surface area contributed by atoms with Gasteiger partial charge in [-0.1, -0.05) is 43.0 Å². The molecule has 1 saturated carbocycles. The topological polar surface area (TPSA) is 21.3 Å². The van der Waals surface area contributed by atoms with Crippen molar-refractivity contribution in [3.63, 3.8) is 0 Å². The van der Waals surface area contributed by atoms with E-state index < -0.39 is 0 Å².